The molecule has 0 saturated heterocycles. The van der Waals surface area contributed by atoms with Gasteiger partial charge in [-0.15, -0.1) is 5.10 Å². The maximum Gasteiger partial charge on any atom is 0.416 e. The number of aromatic nitrogens is 4. The lowest BCUT2D eigenvalue weighted by atomic mass is 10.1. The van der Waals surface area contributed by atoms with Gasteiger partial charge in [-0.3, -0.25) is 5.10 Å². The fourth-order valence-electron chi connectivity index (χ4n) is 2.52. The summed E-state index contributed by atoms with van der Waals surface area (Å²) in [6.45, 7) is 0. The molecule has 130 valence electrons. The molecule has 5 nitrogen and oxygen atoms in total. The van der Waals surface area contributed by atoms with Crippen LogP contribution >= 0.6 is 0 Å². The number of fused-ring (bicyclic) bond motifs is 1. The van der Waals surface area contributed by atoms with Crippen molar-refractivity contribution in [2.75, 3.05) is 0 Å². The van der Waals surface area contributed by atoms with Gasteiger partial charge in [0, 0.05) is 11.8 Å². The van der Waals surface area contributed by atoms with Gasteiger partial charge < -0.3 is 4.74 Å². The average molecular weight is 356 g/mol. The summed E-state index contributed by atoms with van der Waals surface area (Å²) in [4.78, 5) is 4.20. The minimum atomic E-state index is -4.39. The van der Waals surface area contributed by atoms with Crippen molar-refractivity contribution in [3.8, 4) is 22.8 Å². The SMILES string of the molecule is FC(F)(F)c1ccc(Oc2ncccc2-c2ccc3[nH]nnc3c2)cc1. The highest BCUT2D eigenvalue weighted by Gasteiger charge is 2.30. The molecule has 2 aromatic heterocycles. The minimum Gasteiger partial charge on any atom is -0.438 e. The molecule has 0 bridgehead atoms. The van der Waals surface area contributed by atoms with Crippen molar-refractivity contribution < 1.29 is 17.9 Å². The van der Waals surface area contributed by atoms with E-state index in [-0.39, 0.29) is 11.6 Å². The maximum atomic E-state index is 12.7. The highest BCUT2D eigenvalue weighted by molar-refractivity contribution is 5.82. The van der Waals surface area contributed by atoms with Crippen LogP contribution < -0.4 is 4.74 Å². The van der Waals surface area contributed by atoms with E-state index in [9.17, 15) is 13.2 Å². The number of pyridine rings is 1. The number of aromatic amines is 1. The number of nitrogens with one attached hydrogen (secondary N) is 1. The normalized spacial score (nSPS) is 11.7. The summed E-state index contributed by atoms with van der Waals surface area (Å²) in [5.74, 6) is 0.551. The fraction of sp³-hybridized carbons (Fsp3) is 0.0556. The summed E-state index contributed by atoms with van der Waals surface area (Å²) in [5, 5.41) is 10.5. The predicted molar refractivity (Wildman–Crippen MR) is 88.6 cm³/mol. The second-order valence-corrected chi connectivity index (χ2v) is 5.52. The van der Waals surface area contributed by atoms with Gasteiger partial charge in [0.25, 0.3) is 0 Å². The van der Waals surface area contributed by atoms with E-state index in [4.69, 9.17) is 4.74 Å². The lowest BCUT2D eigenvalue weighted by Crippen LogP contribution is -2.04. The molecule has 8 heteroatoms. The van der Waals surface area contributed by atoms with E-state index in [1.165, 1.54) is 12.1 Å². The van der Waals surface area contributed by atoms with Crippen LogP contribution in [0, 0.1) is 0 Å². The number of rotatable bonds is 3. The number of hydrogen-bond acceptors (Lipinski definition) is 4. The molecule has 4 rings (SSSR count). The Hall–Kier alpha value is -3.42. The van der Waals surface area contributed by atoms with Gasteiger partial charge in [-0.25, -0.2) is 4.98 Å². The number of benzene rings is 2. The molecule has 2 heterocycles. The molecule has 0 spiro atoms. The minimum absolute atomic E-state index is 0.264. The summed E-state index contributed by atoms with van der Waals surface area (Å²) >= 11 is 0. The first-order chi connectivity index (χ1) is 12.5. The third-order valence-corrected chi connectivity index (χ3v) is 3.80. The zero-order valence-corrected chi connectivity index (χ0v) is 13.2. The highest BCUT2D eigenvalue weighted by atomic mass is 19.4. The van der Waals surface area contributed by atoms with Crippen molar-refractivity contribution in [3.05, 3.63) is 66.4 Å². The molecule has 0 amide bonds. The summed E-state index contributed by atoms with van der Waals surface area (Å²) in [5.41, 5.74) is 2.25. The quantitative estimate of drug-likeness (QED) is 0.571. The van der Waals surface area contributed by atoms with Crippen molar-refractivity contribution in [1.29, 1.82) is 0 Å². The Morgan fingerprint density at radius 2 is 1.77 bits per heavy atom. The summed E-state index contributed by atoms with van der Waals surface area (Å²) in [6, 6.07) is 13.6. The predicted octanol–water partition coefficient (Wildman–Crippen LogP) is 4.83. The number of alkyl halides is 3. The molecule has 26 heavy (non-hydrogen) atoms. The molecule has 0 aliphatic rings. The average Bonchev–Trinajstić information content (AvgIpc) is 3.09. The van der Waals surface area contributed by atoms with Crippen molar-refractivity contribution in [2.45, 2.75) is 6.18 Å². The van der Waals surface area contributed by atoms with E-state index < -0.39 is 11.7 Å². The van der Waals surface area contributed by atoms with Crippen LogP contribution in [0.25, 0.3) is 22.2 Å². The van der Waals surface area contributed by atoms with Gasteiger partial charge in [-0.05, 0) is 54.1 Å². The van der Waals surface area contributed by atoms with Crippen LogP contribution in [0.1, 0.15) is 5.56 Å². The fourth-order valence-corrected chi connectivity index (χ4v) is 2.52. The zero-order chi connectivity index (χ0) is 18.1. The lowest BCUT2D eigenvalue weighted by Gasteiger charge is -2.11. The molecule has 2 aromatic carbocycles. The number of H-pyrrole nitrogens is 1. The van der Waals surface area contributed by atoms with E-state index in [1.807, 2.05) is 24.3 Å². The topological polar surface area (TPSA) is 63.7 Å². The van der Waals surface area contributed by atoms with Gasteiger partial charge in [-0.1, -0.05) is 11.3 Å². The van der Waals surface area contributed by atoms with Crippen LogP contribution in [-0.4, -0.2) is 20.4 Å². The van der Waals surface area contributed by atoms with Gasteiger partial charge in [0.2, 0.25) is 5.88 Å². The second-order valence-electron chi connectivity index (χ2n) is 5.52. The molecule has 0 radical (unpaired) electrons. The molecule has 0 aliphatic carbocycles. The third-order valence-electron chi connectivity index (χ3n) is 3.80. The van der Waals surface area contributed by atoms with Gasteiger partial charge in [0.05, 0.1) is 11.1 Å². The molecule has 0 fully saturated rings. The van der Waals surface area contributed by atoms with Crippen LogP contribution in [0.4, 0.5) is 13.2 Å². The van der Waals surface area contributed by atoms with Crippen molar-refractivity contribution in [2.24, 2.45) is 0 Å². The number of nitrogens with zero attached hydrogens (tertiary/aromatic N) is 3. The molecule has 0 saturated carbocycles. The summed E-state index contributed by atoms with van der Waals surface area (Å²) in [7, 11) is 0. The number of hydrogen-bond donors (Lipinski definition) is 1. The van der Waals surface area contributed by atoms with E-state index in [1.54, 1.807) is 12.3 Å². The Labute approximate surface area is 145 Å². The second kappa shape index (κ2) is 6.14. The van der Waals surface area contributed by atoms with E-state index in [0.29, 0.717) is 11.1 Å². The van der Waals surface area contributed by atoms with Crippen LogP contribution in [0.2, 0.25) is 0 Å². The Kier molecular flexibility index (Phi) is 3.80. The van der Waals surface area contributed by atoms with Crippen molar-refractivity contribution >= 4 is 11.0 Å². The summed E-state index contributed by atoms with van der Waals surface area (Å²) in [6.07, 6.45) is -2.83. The Bertz CT molecular complexity index is 1060. The summed E-state index contributed by atoms with van der Waals surface area (Å²) < 4.78 is 43.7. The van der Waals surface area contributed by atoms with Gasteiger partial charge in [-0.2, -0.15) is 13.2 Å². The Balaban J connectivity index is 1.67. The number of ether oxygens (including phenoxy) is 1. The first-order valence-electron chi connectivity index (χ1n) is 7.62. The van der Waals surface area contributed by atoms with E-state index in [0.717, 1.165) is 23.2 Å². The number of halogens is 3. The van der Waals surface area contributed by atoms with Crippen LogP contribution in [0.5, 0.6) is 11.6 Å². The Morgan fingerprint density at radius 3 is 2.54 bits per heavy atom. The lowest BCUT2D eigenvalue weighted by molar-refractivity contribution is -0.137. The van der Waals surface area contributed by atoms with Crippen molar-refractivity contribution in [1.82, 2.24) is 20.4 Å². The largest absolute Gasteiger partial charge is 0.438 e. The molecule has 0 unspecified atom stereocenters. The zero-order valence-electron chi connectivity index (χ0n) is 13.2. The standard InChI is InChI=1S/C18H11F3N4O/c19-18(20,21)12-4-6-13(7-5-12)26-17-14(2-1-9-22-17)11-3-8-15-16(10-11)24-25-23-15/h1-10H,(H,23,24,25). The van der Waals surface area contributed by atoms with Crippen molar-refractivity contribution in [3.63, 3.8) is 0 Å². The first-order valence-corrected chi connectivity index (χ1v) is 7.62. The van der Waals surface area contributed by atoms with Gasteiger partial charge in [0.1, 0.15) is 11.3 Å². The van der Waals surface area contributed by atoms with Gasteiger partial charge >= 0.3 is 6.18 Å². The highest BCUT2D eigenvalue weighted by Crippen LogP contribution is 2.34. The maximum absolute atomic E-state index is 12.7. The Morgan fingerprint density at radius 1 is 0.962 bits per heavy atom. The monoisotopic (exact) mass is 356 g/mol. The first kappa shape index (κ1) is 16.1. The van der Waals surface area contributed by atoms with Crippen LogP contribution in [0.3, 0.4) is 0 Å². The smallest absolute Gasteiger partial charge is 0.416 e. The van der Waals surface area contributed by atoms with Crippen LogP contribution in [-0.2, 0) is 6.18 Å². The third kappa shape index (κ3) is 3.08. The molecular weight excluding hydrogens is 345 g/mol. The van der Waals surface area contributed by atoms with Crippen LogP contribution in [0.15, 0.2) is 60.8 Å². The van der Waals surface area contributed by atoms with Gasteiger partial charge in [0.15, 0.2) is 0 Å². The molecule has 1 N–H and O–H groups in total. The molecular formula is C18H11F3N4O. The molecule has 4 aromatic rings. The van der Waals surface area contributed by atoms with E-state index in [2.05, 4.69) is 20.4 Å². The molecule has 0 atom stereocenters. The van der Waals surface area contributed by atoms with E-state index >= 15 is 0 Å². The molecule has 0 aliphatic heterocycles.